The minimum Gasteiger partial charge on any atom is -0.337 e. The molecule has 1 aromatic heterocycles. The van der Waals surface area contributed by atoms with Gasteiger partial charge in [-0.2, -0.15) is 0 Å². The Hall–Kier alpha value is -2.51. The quantitative estimate of drug-likeness (QED) is 0.469. The summed E-state index contributed by atoms with van der Waals surface area (Å²) in [6.45, 7) is 4.04. The van der Waals surface area contributed by atoms with Crippen LogP contribution in [0.2, 0.25) is 0 Å². The lowest BCUT2D eigenvalue weighted by atomic mass is 10.2. The van der Waals surface area contributed by atoms with Crippen LogP contribution in [0.4, 0.5) is 5.69 Å². The number of non-ortho nitro benzene ring substituents is 1. The smallest absolute Gasteiger partial charge is 0.270 e. The van der Waals surface area contributed by atoms with Crippen LogP contribution in [0.1, 0.15) is 10.4 Å². The topological polar surface area (TPSA) is 66.7 Å². The normalized spacial score (nSPS) is 15.6. The summed E-state index contributed by atoms with van der Waals surface area (Å²) in [5.74, 6) is -0.0534. The van der Waals surface area contributed by atoms with E-state index in [1.165, 1.54) is 23.1 Å². The minimum absolute atomic E-state index is 0.0248. The van der Waals surface area contributed by atoms with E-state index in [0.717, 1.165) is 19.6 Å². The molecule has 1 amide bonds. The van der Waals surface area contributed by atoms with Gasteiger partial charge in [-0.25, -0.2) is 0 Å². The van der Waals surface area contributed by atoms with Gasteiger partial charge in [-0.1, -0.05) is 18.2 Å². The summed E-state index contributed by atoms with van der Waals surface area (Å²) in [6, 6.07) is 10.4. The molecule has 0 N–H and O–H groups in total. The Morgan fingerprint density at radius 1 is 1.20 bits per heavy atom. The average Bonchev–Trinajstić information content (AvgIpc) is 3.13. The van der Waals surface area contributed by atoms with Crippen LogP contribution in [-0.2, 0) is 11.3 Å². The van der Waals surface area contributed by atoms with E-state index in [1.807, 2.05) is 4.90 Å². The van der Waals surface area contributed by atoms with Crippen molar-refractivity contribution in [2.75, 3.05) is 26.2 Å². The Morgan fingerprint density at radius 3 is 2.68 bits per heavy atom. The van der Waals surface area contributed by atoms with Crippen LogP contribution in [0.25, 0.3) is 6.08 Å². The number of nitrogens with zero attached hydrogens (tertiary/aromatic N) is 3. The van der Waals surface area contributed by atoms with Gasteiger partial charge in [0.25, 0.3) is 5.69 Å². The third-order valence-electron chi connectivity index (χ3n) is 4.14. The lowest BCUT2D eigenvalue weighted by Gasteiger charge is -2.33. The molecule has 0 atom stereocenters. The molecule has 1 aromatic carbocycles. The summed E-state index contributed by atoms with van der Waals surface area (Å²) < 4.78 is 0. The molecule has 0 unspecified atom stereocenters. The van der Waals surface area contributed by atoms with Gasteiger partial charge in [0.05, 0.1) is 4.92 Å². The Bertz CT molecular complexity index is 766. The van der Waals surface area contributed by atoms with Crippen LogP contribution in [0.15, 0.2) is 47.9 Å². The van der Waals surface area contributed by atoms with Crippen LogP contribution in [0.3, 0.4) is 0 Å². The van der Waals surface area contributed by atoms with Crippen molar-refractivity contribution in [3.8, 4) is 0 Å². The first-order valence-electron chi connectivity index (χ1n) is 8.08. The molecule has 3 rings (SSSR count). The van der Waals surface area contributed by atoms with E-state index in [4.69, 9.17) is 0 Å². The summed E-state index contributed by atoms with van der Waals surface area (Å²) in [7, 11) is 0. The third-order valence-corrected chi connectivity index (χ3v) is 5.00. The standard InChI is InChI=1S/C18H19N3O3S/c22-18(7-6-15-3-1-4-16(13-15)21(23)24)20-10-8-19(9-11-20)14-17-5-2-12-25-17/h1-7,12-13H,8-11,14H2/b7-6+. The van der Waals surface area contributed by atoms with E-state index in [2.05, 4.69) is 22.4 Å². The van der Waals surface area contributed by atoms with Gasteiger partial charge in [0, 0.05) is 55.8 Å². The maximum absolute atomic E-state index is 12.3. The molecule has 0 spiro atoms. The van der Waals surface area contributed by atoms with Crippen LogP contribution >= 0.6 is 11.3 Å². The number of hydrogen-bond donors (Lipinski definition) is 0. The van der Waals surface area contributed by atoms with Gasteiger partial charge in [0.15, 0.2) is 0 Å². The second-order valence-corrected chi connectivity index (χ2v) is 6.90. The number of rotatable bonds is 5. The second-order valence-electron chi connectivity index (χ2n) is 5.87. The highest BCUT2D eigenvalue weighted by molar-refractivity contribution is 7.09. The van der Waals surface area contributed by atoms with Gasteiger partial charge in [-0.3, -0.25) is 19.8 Å². The van der Waals surface area contributed by atoms with Crippen molar-refractivity contribution in [1.29, 1.82) is 0 Å². The first-order chi connectivity index (χ1) is 12.1. The van der Waals surface area contributed by atoms with Crippen molar-refractivity contribution in [2.24, 2.45) is 0 Å². The molecule has 2 aromatic rings. The number of piperazine rings is 1. The number of nitro benzene ring substituents is 1. The molecule has 0 saturated carbocycles. The molecule has 0 radical (unpaired) electrons. The summed E-state index contributed by atoms with van der Waals surface area (Å²) in [5, 5.41) is 12.9. The number of thiophene rings is 1. The molecular weight excluding hydrogens is 338 g/mol. The molecule has 130 valence electrons. The van der Waals surface area contributed by atoms with Gasteiger partial charge in [0.2, 0.25) is 5.91 Å². The Kier molecular flexibility index (Phi) is 5.57. The second kappa shape index (κ2) is 8.04. The van der Waals surface area contributed by atoms with Gasteiger partial charge in [-0.05, 0) is 23.1 Å². The van der Waals surface area contributed by atoms with Crippen LogP contribution in [0.5, 0.6) is 0 Å². The Balaban J connectivity index is 1.52. The van der Waals surface area contributed by atoms with Gasteiger partial charge < -0.3 is 4.90 Å². The third kappa shape index (κ3) is 4.74. The molecule has 25 heavy (non-hydrogen) atoms. The Labute approximate surface area is 150 Å². The molecule has 7 heteroatoms. The zero-order valence-corrected chi connectivity index (χ0v) is 14.5. The highest BCUT2D eigenvalue weighted by Gasteiger charge is 2.19. The fourth-order valence-electron chi connectivity index (χ4n) is 2.76. The van der Waals surface area contributed by atoms with Crippen LogP contribution in [0, 0.1) is 10.1 Å². The number of benzene rings is 1. The fourth-order valence-corrected chi connectivity index (χ4v) is 3.51. The maximum Gasteiger partial charge on any atom is 0.270 e. The first-order valence-corrected chi connectivity index (χ1v) is 8.96. The highest BCUT2D eigenvalue weighted by Crippen LogP contribution is 2.15. The predicted molar refractivity (Wildman–Crippen MR) is 98.3 cm³/mol. The van der Waals surface area contributed by atoms with Crippen molar-refractivity contribution < 1.29 is 9.72 Å². The number of carbonyl (C=O) groups is 1. The number of carbonyl (C=O) groups excluding carboxylic acids is 1. The summed E-state index contributed by atoms with van der Waals surface area (Å²) >= 11 is 1.75. The highest BCUT2D eigenvalue weighted by atomic mass is 32.1. The number of nitro groups is 1. The molecule has 2 heterocycles. The van der Waals surface area contributed by atoms with Crippen molar-refractivity contribution in [1.82, 2.24) is 9.80 Å². The maximum atomic E-state index is 12.3. The number of amides is 1. The lowest BCUT2D eigenvalue weighted by Crippen LogP contribution is -2.47. The van der Waals surface area contributed by atoms with Gasteiger partial charge in [0.1, 0.15) is 0 Å². The first kappa shape index (κ1) is 17.3. The van der Waals surface area contributed by atoms with E-state index >= 15 is 0 Å². The zero-order valence-electron chi connectivity index (χ0n) is 13.7. The van der Waals surface area contributed by atoms with Crippen LogP contribution in [-0.4, -0.2) is 46.8 Å². The van der Waals surface area contributed by atoms with E-state index in [1.54, 1.807) is 29.5 Å². The van der Waals surface area contributed by atoms with Crippen molar-refractivity contribution in [3.63, 3.8) is 0 Å². The van der Waals surface area contributed by atoms with E-state index in [0.29, 0.717) is 18.7 Å². The molecule has 1 saturated heterocycles. The van der Waals surface area contributed by atoms with Gasteiger partial charge >= 0.3 is 0 Å². The van der Waals surface area contributed by atoms with E-state index in [-0.39, 0.29) is 11.6 Å². The SMILES string of the molecule is O=C(/C=C/c1cccc([N+](=O)[O-])c1)N1CCN(Cc2cccs2)CC1. The minimum atomic E-state index is -0.439. The van der Waals surface area contributed by atoms with Crippen molar-refractivity contribution in [2.45, 2.75) is 6.54 Å². The largest absolute Gasteiger partial charge is 0.337 e. The van der Waals surface area contributed by atoms with Gasteiger partial charge in [-0.15, -0.1) is 11.3 Å². The molecule has 6 nitrogen and oxygen atoms in total. The van der Waals surface area contributed by atoms with E-state index in [9.17, 15) is 14.9 Å². The molecule has 1 fully saturated rings. The summed E-state index contributed by atoms with van der Waals surface area (Å²) in [4.78, 5) is 28.2. The average molecular weight is 357 g/mol. The zero-order chi connectivity index (χ0) is 17.6. The van der Waals surface area contributed by atoms with Crippen molar-refractivity contribution in [3.05, 3.63) is 68.4 Å². The number of hydrogen-bond acceptors (Lipinski definition) is 5. The monoisotopic (exact) mass is 357 g/mol. The lowest BCUT2D eigenvalue weighted by molar-refractivity contribution is -0.384. The Morgan fingerprint density at radius 2 is 2.00 bits per heavy atom. The molecular formula is C18H19N3O3S. The summed E-state index contributed by atoms with van der Waals surface area (Å²) in [5.41, 5.74) is 0.677. The summed E-state index contributed by atoms with van der Waals surface area (Å²) in [6.07, 6.45) is 3.13. The predicted octanol–water partition coefficient (Wildman–Crippen LogP) is 3.01. The van der Waals surface area contributed by atoms with E-state index < -0.39 is 4.92 Å². The molecule has 0 aliphatic carbocycles. The van der Waals surface area contributed by atoms with Crippen LogP contribution < -0.4 is 0 Å². The molecule has 1 aliphatic heterocycles. The molecule has 1 aliphatic rings. The molecule has 0 bridgehead atoms. The van der Waals surface area contributed by atoms with Crippen molar-refractivity contribution >= 4 is 29.0 Å². The fraction of sp³-hybridized carbons (Fsp3) is 0.278.